The van der Waals surface area contributed by atoms with Crippen molar-refractivity contribution in [2.24, 2.45) is 0 Å². The van der Waals surface area contributed by atoms with Gasteiger partial charge in [-0.05, 0) is 41.4 Å². The van der Waals surface area contributed by atoms with Gasteiger partial charge in [0.25, 0.3) is 0 Å². The maximum Gasteiger partial charge on any atom is 0.222 e. The van der Waals surface area contributed by atoms with Gasteiger partial charge in [0, 0.05) is 30.2 Å². The van der Waals surface area contributed by atoms with E-state index in [2.05, 4.69) is 31.5 Å². The predicted octanol–water partition coefficient (Wildman–Crippen LogP) is 2.88. The van der Waals surface area contributed by atoms with Crippen molar-refractivity contribution in [2.45, 2.75) is 25.9 Å². The lowest BCUT2D eigenvalue weighted by Gasteiger charge is -2.18. The van der Waals surface area contributed by atoms with Crippen LogP contribution in [0.4, 0.5) is 0 Å². The van der Waals surface area contributed by atoms with Crippen LogP contribution in [0, 0.1) is 6.92 Å². The van der Waals surface area contributed by atoms with Gasteiger partial charge in [-0.1, -0.05) is 0 Å². The summed E-state index contributed by atoms with van der Waals surface area (Å²) in [4.78, 5) is 12.3. The molecular weight excluding hydrogens is 296 g/mol. The van der Waals surface area contributed by atoms with Crippen molar-refractivity contribution in [2.75, 3.05) is 0 Å². The monoisotopic (exact) mass is 314 g/mol. The summed E-state index contributed by atoms with van der Waals surface area (Å²) in [7, 11) is 0. The number of hydrogen-bond acceptors (Lipinski definition) is 3. The average molecular weight is 314 g/mol. The van der Waals surface area contributed by atoms with Gasteiger partial charge in [0.1, 0.15) is 0 Å². The highest BCUT2D eigenvalue weighted by molar-refractivity contribution is 7.07. The van der Waals surface area contributed by atoms with Crippen LogP contribution in [-0.4, -0.2) is 20.7 Å². The zero-order valence-corrected chi connectivity index (χ0v) is 13.1. The first-order valence-corrected chi connectivity index (χ1v) is 8.08. The number of H-pyrrole nitrogens is 1. The molecule has 3 aromatic rings. The second kappa shape index (κ2) is 6.62. The summed E-state index contributed by atoms with van der Waals surface area (Å²) in [5.41, 5.74) is 3.16. The van der Waals surface area contributed by atoms with Gasteiger partial charge < -0.3 is 9.88 Å². The Morgan fingerprint density at radius 1 is 1.45 bits per heavy atom. The van der Waals surface area contributed by atoms with Crippen molar-refractivity contribution >= 4 is 17.2 Å². The van der Waals surface area contributed by atoms with Crippen LogP contribution in [0.2, 0.25) is 0 Å². The van der Waals surface area contributed by atoms with E-state index in [4.69, 9.17) is 0 Å². The molecule has 1 unspecified atom stereocenters. The summed E-state index contributed by atoms with van der Waals surface area (Å²) >= 11 is 1.65. The first-order valence-electron chi connectivity index (χ1n) is 7.14. The largest absolute Gasteiger partial charge is 0.352 e. The first-order chi connectivity index (χ1) is 10.7. The second-order valence-electron chi connectivity index (χ2n) is 5.20. The molecule has 6 heteroatoms. The number of amides is 1. The van der Waals surface area contributed by atoms with E-state index in [0.717, 1.165) is 16.8 Å². The summed E-state index contributed by atoms with van der Waals surface area (Å²) < 4.78 is 2.07. The maximum absolute atomic E-state index is 12.3. The number of aromatic amines is 1. The van der Waals surface area contributed by atoms with E-state index in [1.54, 1.807) is 17.5 Å². The Bertz CT molecular complexity index is 681. The Labute approximate surface area is 133 Å². The number of aryl methyl sites for hydroxylation is 1. The summed E-state index contributed by atoms with van der Waals surface area (Å²) in [5, 5.41) is 13.9. The molecular formula is C16H18N4OS. The Hall–Kier alpha value is -2.34. The van der Waals surface area contributed by atoms with Crippen molar-refractivity contribution in [3.63, 3.8) is 0 Å². The molecule has 5 nitrogen and oxygen atoms in total. The van der Waals surface area contributed by atoms with Gasteiger partial charge in [0.2, 0.25) is 5.91 Å². The van der Waals surface area contributed by atoms with Crippen molar-refractivity contribution in [3.05, 3.63) is 64.4 Å². The van der Waals surface area contributed by atoms with Crippen molar-refractivity contribution in [3.8, 4) is 0 Å². The highest BCUT2D eigenvalue weighted by Gasteiger charge is 2.17. The van der Waals surface area contributed by atoms with Crippen molar-refractivity contribution in [1.82, 2.24) is 20.1 Å². The maximum atomic E-state index is 12.3. The third-order valence-electron chi connectivity index (χ3n) is 3.70. The quantitative estimate of drug-likeness (QED) is 0.735. The minimum Gasteiger partial charge on any atom is -0.352 e. The minimum atomic E-state index is 0.0329. The van der Waals surface area contributed by atoms with Crippen molar-refractivity contribution in [1.29, 1.82) is 0 Å². The molecule has 0 spiro atoms. The highest BCUT2D eigenvalue weighted by atomic mass is 32.1. The Kier molecular flexibility index (Phi) is 4.39. The molecule has 3 aromatic heterocycles. The lowest BCUT2D eigenvalue weighted by atomic mass is 10.1. The van der Waals surface area contributed by atoms with Gasteiger partial charge in [-0.3, -0.25) is 9.89 Å². The van der Waals surface area contributed by atoms with E-state index in [-0.39, 0.29) is 11.9 Å². The summed E-state index contributed by atoms with van der Waals surface area (Å²) in [6.07, 6.45) is 6.16. The number of rotatable bonds is 6. The summed E-state index contributed by atoms with van der Waals surface area (Å²) in [6, 6.07) is 6.06. The number of carbonyl (C=O) groups excluding carboxylic acids is 1. The number of nitrogens with one attached hydrogen (secondary N) is 2. The van der Waals surface area contributed by atoms with Gasteiger partial charge in [-0.25, -0.2) is 0 Å². The smallest absolute Gasteiger partial charge is 0.222 e. The molecule has 0 bridgehead atoms. The fourth-order valence-corrected chi connectivity index (χ4v) is 3.12. The standard InChI is InChI=1S/C16H18N4OS/c1-12-14(10-18-19-12)9-17-16(21)8-15(13-4-7-22-11-13)20-5-2-3-6-20/h2-7,10-11,15H,8-9H2,1H3,(H,17,21)(H,18,19). The first kappa shape index (κ1) is 14.6. The molecule has 3 rings (SSSR count). The molecule has 1 amide bonds. The van der Waals surface area contributed by atoms with Gasteiger partial charge in [-0.2, -0.15) is 16.4 Å². The zero-order chi connectivity index (χ0) is 15.4. The topological polar surface area (TPSA) is 62.7 Å². The highest BCUT2D eigenvalue weighted by Crippen LogP contribution is 2.24. The molecule has 3 heterocycles. The SMILES string of the molecule is Cc1[nH]ncc1CNC(=O)CC(c1ccsc1)n1cccc1. The Morgan fingerprint density at radius 3 is 2.91 bits per heavy atom. The van der Waals surface area contributed by atoms with Crippen LogP contribution in [0.5, 0.6) is 0 Å². The molecule has 0 aliphatic heterocycles. The fraction of sp³-hybridized carbons (Fsp3) is 0.250. The van der Waals surface area contributed by atoms with Crippen LogP contribution < -0.4 is 5.32 Å². The average Bonchev–Trinajstić information content (AvgIpc) is 3.25. The van der Waals surface area contributed by atoms with Crippen LogP contribution in [0.15, 0.2) is 47.5 Å². The number of carbonyl (C=O) groups is 1. The van der Waals surface area contributed by atoms with E-state index in [9.17, 15) is 4.79 Å². The van der Waals surface area contributed by atoms with Gasteiger partial charge in [-0.15, -0.1) is 0 Å². The number of thiophene rings is 1. The molecule has 0 saturated carbocycles. The van der Waals surface area contributed by atoms with Crippen LogP contribution in [-0.2, 0) is 11.3 Å². The van der Waals surface area contributed by atoms with E-state index in [1.807, 2.05) is 36.8 Å². The van der Waals surface area contributed by atoms with Gasteiger partial charge >= 0.3 is 0 Å². The molecule has 0 fully saturated rings. The third-order valence-corrected chi connectivity index (χ3v) is 4.41. The van der Waals surface area contributed by atoms with E-state index >= 15 is 0 Å². The zero-order valence-electron chi connectivity index (χ0n) is 12.3. The second-order valence-corrected chi connectivity index (χ2v) is 5.98. The Balaban J connectivity index is 1.66. The van der Waals surface area contributed by atoms with Crippen LogP contribution in [0.25, 0.3) is 0 Å². The molecule has 22 heavy (non-hydrogen) atoms. The van der Waals surface area contributed by atoms with Gasteiger partial charge in [0.15, 0.2) is 0 Å². The van der Waals surface area contributed by atoms with Crippen LogP contribution >= 0.6 is 11.3 Å². The molecule has 2 N–H and O–H groups in total. The number of aromatic nitrogens is 3. The van der Waals surface area contributed by atoms with E-state index in [0.29, 0.717) is 13.0 Å². The predicted molar refractivity (Wildman–Crippen MR) is 86.7 cm³/mol. The summed E-state index contributed by atoms with van der Waals surface area (Å²) in [6.45, 7) is 2.45. The van der Waals surface area contributed by atoms with E-state index in [1.165, 1.54) is 0 Å². The lowest BCUT2D eigenvalue weighted by Crippen LogP contribution is -2.26. The Morgan fingerprint density at radius 2 is 2.27 bits per heavy atom. The molecule has 0 aliphatic carbocycles. The molecule has 0 aromatic carbocycles. The fourth-order valence-electron chi connectivity index (χ4n) is 2.41. The lowest BCUT2D eigenvalue weighted by molar-refractivity contribution is -0.121. The normalized spacial score (nSPS) is 12.2. The van der Waals surface area contributed by atoms with Crippen LogP contribution in [0.1, 0.15) is 29.3 Å². The molecule has 1 atom stereocenters. The minimum absolute atomic E-state index is 0.0329. The molecule has 114 valence electrons. The van der Waals surface area contributed by atoms with Crippen molar-refractivity contribution < 1.29 is 4.79 Å². The molecule has 0 radical (unpaired) electrons. The van der Waals surface area contributed by atoms with Crippen LogP contribution in [0.3, 0.4) is 0 Å². The molecule has 0 aliphatic rings. The number of nitrogens with zero attached hydrogens (tertiary/aromatic N) is 2. The van der Waals surface area contributed by atoms with Gasteiger partial charge in [0.05, 0.1) is 18.7 Å². The number of hydrogen-bond donors (Lipinski definition) is 2. The molecule has 0 saturated heterocycles. The van der Waals surface area contributed by atoms with E-state index < -0.39 is 0 Å². The third kappa shape index (κ3) is 3.28. The summed E-state index contributed by atoms with van der Waals surface area (Å²) in [5.74, 6) is 0.0329.